The van der Waals surface area contributed by atoms with E-state index in [4.69, 9.17) is 18.9 Å². The molecule has 14 nitrogen and oxygen atoms in total. The lowest BCUT2D eigenvalue weighted by Gasteiger charge is -2.45. The molecule has 2 heterocycles. The summed E-state index contributed by atoms with van der Waals surface area (Å²) in [7, 11) is 0. The molecule has 32 heavy (non-hydrogen) atoms. The first kappa shape index (κ1) is 24.7. The van der Waals surface area contributed by atoms with Crippen molar-refractivity contribution < 1.29 is 59.6 Å². The van der Waals surface area contributed by atoms with Crippen LogP contribution in [0.1, 0.15) is 0 Å². The first-order valence-electron chi connectivity index (χ1n) is 9.68. The van der Waals surface area contributed by atoms with Crippen LogP contribution < -0.4 is 4.74 Å². The van der Waals surface area contributed by atoms with Gasteiger partial charge in [-0.25, -0.2) is 0 Å². The van der Waals surface area contributed by atoms with E-state index in [2.05, 4.69) is 0 Å². The number of rotatable bonds is 7. The van der Waals surface area contributed by atoms with Crippen LogP contribution in [0.2, 0.25) is 0 Å². The molecule has 2 saturated heterocycles. The van der Waals surface area contributed by atoms with Crippen molar-refractivity contribution in [3.05, 3.63) is 34.4 Å². The lowest BCUT2D eigenvalue weighted by Crippen LogP contribution is -2.65. The molecule has 0 aromatic heterocycles. The van der Waals surface area contributed by atoms with E-state index in [9.17, 15) is 45.9 Å². The molecule has 0 amide bonds. The summed E-state index contributed by atoms with van der Waals surface area (Å²) in [5.41, 5.74) is -0.418. The summed E-state index contributed by atoms with van der Waals surface area (Å²) in [5.74, 6) is -0.251. The lowest BCUT2D eigenvalue weighted by atomic mass is 9.97. The second kappa shape index (κ2) is 10.3. The summed E-state index contributed by atoms with van der Waals surface area (Å²) in [4.78, 5) is 10.4. The van der Waals surface area contributed by atoms with Crippen molar-refractivity contribution >= 4 is 5.69 Å². The van der Waals surface area contributed by atoms with Crippen molar-refractivity contribution in [3.63, 3.8) is 0 Å². The van der Waals surface area contributed by atoms with Crippen LogP contribution in [0.25, 0.3) is 0 Å². The van der Waals surface area contributed by atoms with Crippen molar-refractivity contribution in [2.24, 2.45) is 0 Å². The van der Waals surface area contributed by atoms with E-state index >= 15 is 0 Å². The Labute approximate surface area is 180 Å². The molecule has 0 unspecified atom stereocenters. The van der Waals surface area contributed by atoms with Gasteiger partial charge >= 0.3 is 5.69 Å². The maximum absolute atomic E-state index is 11.2. The van der Waals surface area contributed by atoms with E-state index in [0.717, 1.165) is 6.07 Å². The second-order valence-corrected chi connectivity index (χ2v) is 7.35. The van der Waals surface area contributed by atoms with Gasteiger partial charge in [-0.1, -0.05) is 12.1 Å². The normalized spacial score (nSPS) is 40.1. The number of aliphatic hydroxyl groups is 7. The Morgan fingerprint density at radius 3 is 2.06 bits per heavy atom. The van der Waals surface area contributed by atoms with Gasteiger partial charge in [0.1, 0.15) is 48.8 Å². The minimum atomic E-state index is -1.81. The minimum Gasteiger partial charge on any atom is -0.455 e. The number of para-hydroxylation sites is 2. The highest BCUT2D eigenvalue weighted by Crippen LogP contribution is 2.33. The summed E-state index contributed by atoms with van der Waals surface area (Å²) in [6.45, 7) is -1.48. The monoisotopic (exact) mass is 463 g/mol. The lowest BCUT2D eigenvalue weighted by molar-refractivity contribution is -0.387. The van der Waals surface area contributed by atoms with E-state index in [-0.39, 0.29) is 5.75 Å². The van der Waals surface area contributed by atoms with Crippen LogP contribution in [0.4, 0.5) is 5.69 Å². The van der Waals surface area contributed by atoms with Crippen LogP contribution in [0.5, 0.6) is 5.75 Å². The fourth-order valence-corrected chi connectivity index (χ4v) is 3.49. The van der Waals surface area contributed by atoms with Gasteiger partial charge in [-0.15, -0.1) is 0 Å². The molecule has 0 bridgehead atoms. The van der Waals surface area contributed by atoms with Crippen LogP contribution in [0.15, 0.2) is 24.3 Å². The van der Waals surface area contributed by atoms with Crippen LogP contribution >= 0.6 is 0 Å². The van der Waals surface area contributed by atoms with Crippen LogP contribution in [-0.2, 0) is 14.2 Å². The summed E-state index contributed by atoms with van der Waals surface area (Å²) in [6.07, 6.45) is -16.2. The number of nitro groups is 1. The third-order valence-electron chi connectivity index (χ3n) is 5.27. The van der Waals surface area contributed by atoms with Gasteiger partial charge in [-0.2, -0.15) is 0 Å². The third kappa shape index (κ3) is 4.84. The third-order valence-corrected chi connectivity index (χ3v) is 5.27. The van der Waals surface area contributed by atoms with Crippen molar-refractivity contribution in [2.75, 3.05) is 13.2 Å². The van der Waals surface area contributed by atoms with Crippen molar-refractivity contribution in [2.45, 2.75) is 61.4 Å². The summed E-state index contributed by atoms with van der Waals surface area (Å²) in [6, 6.07) is 5.27. The molecule has 0 aliphatic carbocycles. The minimum absolute atomic E-state index is 0.251. The van der Waals surface area contributed by atoms with Gasteiger partial charge in [-0.3, -0.25) is 10.1 Å². The maximum Gasteiger partial charge on any atom is 0.311 e. The quantitative estimate of drug-likeness (QED) is 0.155. The SMILES string of the molecule is O=[N+]([O-])c1ccccc1O[C@@H]1O[C@H](CO)[C@@H](O[C@@H]2O[C@H](CO)[C@H](O)[C@H](O)[C@@H]2O)[C@H](O)[C@@H]1O. The molecule has 0 saturated carbocycles. The van der Waals surface area contributed by atoms with Gasteiger partial charge in [0.2, 0.25) is 6.29 Å². The highest BCUT2D eigenvalue weighted by molar-refractivity contribution is 5.45. The zero-order valence-corrected chi connectivity index (χ0v) is 16.5. The molecule has 3 rings (SSSR count). The van der Waals surface area contributed by atoms with Crippen molar-refractivity contribution in [3.8, 4) is 5.75 Å². The molecular weight excluding hydrogens is 438 g/mol. The first-order chi connectivity index (χ1) is 15.2. The predicted octanol–water partition coefficient (Wildman–Crippen LogP) is -3.40. The number of hydrogen-bond acceptors (Lipinski definition) is 13. The second-order valence-electron chi connectivity index (χ2n) is 7.35. The summed E-state index contributed by atoms with van der Waals surface area (Å²) in [5, 5.41) is 80.9. The largest absolute Gasteiger partial charge is 0.455 e. The van der Waals surface area contributed by atoms with Crippen molar-refractivity contribution in [1.29, 1.82) is 0 Å². The first-order valence-corrected chi connectivity index (χ1v) is 9.68. The Balaban J connectivity index is 1.75. The Morgan fingerprint density at radius 1 is 0.844 bits per heavy atom. The summed E-state index contributed by atoms with van der Waals surface area (Å²) < 4.78 is 21.4. The smallest absolute Gasteiger partial charge is 0.311 e. The fraction of sp³-hybridized carbons (Fsp3) is 0.667. The Bertz CT molecular complexity index is 777. The fourth-order valence-electron chi connectivity index (χ4n) is 3.49. The Kier molecular flexibility index (Phi) is 7.94. The zero-order valence-electron chi connectivity index (χ0n) is 16.5. The number of ether oxygens (including phenoxy) is 4. The zero-order chi connectivity index (χ0) is 23.6. The van der Waals surface area contributed by atoms with Gasteiger partial charge in [0.05, 0.1) is 18.1 Å². The molecule has 1 aromatic rings. The summed E-state index contributed by atoms with van der Waals surface area (Å²) >= 11 is 0. The van der Waals surface area contributed by atoms with E-state index in [0.29, 0.717) is 0 Å². The molecule has 2 aliphatic rings. The number of benzene rings is 1. The van der Waals surface area contributed by atoms with E-state index in [1.54, 1.807) is 0 Å². The van der Waals surface area contributed by atoms with E-state index in [1.807, 2.05) is 0 Å². The highest BCUT2D eigenvalue weighted by atomic mass is 16.7. The molecule has 1 aromatic carbocycles. The molecule has 7 N–H and O–H groups in total. The molecule has 14 heteroatoms. The molecule has 2 fully saturated rings. The maximum atomic E-state index is 11.2. The molecule has 2 aliphatic heterocycles. The molecular formula is C18H25NO13. The number of nitrogens with zero attached hydrogens (tertiary/aromatic N) is 1. The van der Waals surface area contributed by atoms with Gasteiger partial charge in [0, 0.05) is 6.07 Å². The topological polar surface area (TPSA) is 222 Å². The highest BCUT2D eigenvalue weighted by Gasteiger charge is 2.51. The predicted molar refractivity (Wildman–Crippen MR) is 100 cm³/mol. The average molecular weight is 463 g/mol. The van der Waals surface area contributed by atoms with Crippen molar-refractivity contribution in [1.82, 2.24) is 0 Å². The van der Waals surface area contributed by atoms with Gasteiger partial charge < -0.3 is 54.7 Å². The van der Waals surface area contributed by atoms with E-state index in [1.165, 1.54) is 18.2 Å². The number of aliphatic hydroxyl groups excluding tert-OH is 7. The van der Waals surface area contributed by atoms with Crippen LogP contribution in [-0.4, -0.2) is 115 Å². The van der Waals surface area contributed by atoms with Crippen LogP contribution in [0, 0.1) is 10.1 Å². The van der Waals surface area contributed by atoms with Gasteiger partial charge in [0.25, 0.3) is 0 Å². The standard InChI is InChI=1S/C18H25NO13/c20-5-9-11(22)12(23)14(25)18(30-9)32-16-10(6-21)31-17(15(26)13(16)24)29-8-4-2-1-3-7(8)19(27)28/h1-4,9-18,20-26H,5-6H2/t9-,10-,11+,12+,13-,14+,15+,16-,17-,18+/m1/s1. The average Bonchev–Trinajstić information content (AvgIpc) is 2.78. The molecule has 0 radical (unpaired) electrons. The molecule has 0 spiro atoms. The molecule has 10 atom stereocenters. The molecule has 180 valence electrons. The Hall–Kier alpha value is -1.98. The van der Waals surface area contributed by atoms with Crippen LogP contribution in [0.3, 0.4) is 0 Å². The van der Waals surface area contributed by atoms with Gasteiger partial charge in [-0.05, 0) is 6.07 Å². The van der Waals surface area contributed by atoms with E-state index < -0.39 is 85.2 Å². The number of nitro benzene ring substituents is 1. The van der Waals surface area contributed by atoms with Gasteiger partial charge in [0.15, 0.2) is 12.0 Å². The number of hydrogen-bond donors (Lipinski definition) is 7. The Morgan fingerprint density at radius 2 is 1.44 bits per heavy atom.